The Balaban J connectivity index is 2.32. The second-order valence-corrected chi connectivity index (χ2v) is 5.35. The minimum absolute atomic E-state index is 0.768. The molecule has 1 aliphatic carbocycles. The quantitative estimate of drug-likeness (QED) is 0.656. The Morgan fingerprint density at radius 1 is 1.18 bits per heavy atom. The number of hydrogen-bond donors (Lipinski definition) is 1. The first-order chi connectivity index (χ1) is 8.31. The first-order valence-electron chi connectivity index (χ1n) is 7.62. The molecule has 17 heavy (non-hydrogen) atoms. The Morgan fingerprint density at radius 3 is 2.65 bits per heavy atom. The summed E-state index contributed by atoms with van der Waals surface area (Å²) >= 11 is 0. The molecular weight excluding hydrogens is 210 g/mol. The van der Waals surface area contributed by atoms with Crippen LogP contribution in [0, 0.1) is 11.8 Å². The van der Waals surface area contributed by atoms with Gasteiger partial charge in [0.2, 0.25) is 0 Å². The summed E-state index contributed by atoms with van der Waals surface area (Å²) < 4.78 is 5.45. The van der Waals surface area contributed by atoms with E-state index in [-0.39, 0.29) is 0 Å². The van der Waals surface area contributed by atoms with Crippen LogP contribution in [0.1, 0.15) is 59.3 Å². The van der Waals surface area contributed by atoms with Crippen molar-refractivity contribution in [2.75, 3.05) is 19.8 Å². The van der Waals surface area contributed by atoms with Gasteiger partial charge in [0.15, 0.2) is 0 Å². The van der Waals surface area contributed by atoms with Gasteiger partial charge >= 0.3 is 0 Å². The molecule has 0 bridgehead atoms. The average molecular weight is 241 g/mol. The fourth-order valence-electron chi connectivity index (χ4n) is 3.17. The molecular formula is C15H31NO. The zero-order valence-corrected chi connectivity index (χ0v) is 12.0. The molecule has 1 saturated carbocycles. The second-order valence-electron chi connectivity index (χ2n) is 5.35. The van der Waals surface area contributed by atoms with Crippen LogP contribution in [0.2, 0.25) is 0 Å². The van der Waals surface area contributed by atoms with Crippen molar-refractivity contribution in [3.8, 4) is 0 Å². The lowest BCUT2D eigenvalue weighted by molar-refractivity contribution is 0.125. The first-order valence-corrected chi connectivity index (χ1v) is 7.62. The lowest BCUT2D eigenvalue weighted by atomic mass is 9.75. The minimum Gasteiger partial charge on any atom is -0.382 e. The van der Waals surface area contributed by atoms with E-state index >= 15 is 0 Å². The molecule has 0 radical (unpaired) electrons. The molecule has 3 unspecified atom stereocenters. The molecule has 102 valence electrons. The fraction of sp³-hybridized carbons (Fsp3) is 1.00. The summed E-state index contributed by atoms with van der Waals surface area (Å²) in [7, 11) is 0. The summed E-state index contributed by atoms with van der Waals surface area (Å²) in [6, 6.07) is 0.768. The average Bonchev–Trinajstić information content (AvgIpc) is 2.36. The molecule has 0 amide bonds. The molecule has 0 aromatic heterocycles. The molecule has 3 atom stereocenters. The lowest BCUT2D eigenvalue weighted by Crippen LogP contribution is -2.40. The van der Waals surface area contributed by atoms with Crippen molar-refractivity contribution >= 4 is 0 Å². The largest absolute Gasteiger partial charge is 0.382 e. The monoisotopic (exact) mass is 241 g/mol. The summed E-state index contributed by atoms with van der Waals surface area (Å²) in [6.45, 7) is 9.57. The van der Waals surface area contributed by atoms with Crippen LogP contribution in [-0.4, -0.2) is 25.8 Å². The van der Waals surface area contributed by atoms with E-state index in [2.05, 4.69) is 26.1 Å². The fourth-order valence-corrected chi connectivity index (χ4v) is 3.17. The lowest BCUT2D eigenvalue weighted by Gasteiger charge is -2.36. The molecule has 1 N–H and O–H groups in total. The van der Waals surface area contributed by atoms with Crippen molar-refractivity contribution in [1.29, 1.82) is 0 Å². The third-order valence-electron chi connectivity index (χ3n) is 4.20. The molecule has 0 aromatic rings. The van der Waals surface area contributed by atoms with Crippen molar-refractivity contribution in [2.24, 2.45) is 11.8 Å². The highest BCUT2D eigenvalue weighted by Gasteiger charge is 2.28. The molecule has 0 spiro atoms. The normalized spacial score (nSPS) is 29.5. The zero-order chi connectivity index (χ0) is 12.5. The number of hydrogen-bond acceptors (Lipinski definition) is 2. The number of rotatable bonds is 8. The molecule has 1 aliphatic rings. The minimum atomic E-state index is 0.768. The molecule has 2 heteroatoms. The molecule has 1 rings (SSSR count). The van der Waals surface area contributed by atoms with Gasteiger partial charge in [-0.15, -0.1) is 0 Å². The van der Waals surface area contributed by atoms with Gasteiger partial charge in [0.05, 0.1) is 0 Å². The van der Waals surface area contributed by atoms with Crippen LogP contribution in [0.15, 0.2) is 0 Å². The Labute approximate surface area is 108 Å². The van der Waals surface area contributed by atoms with E-state index in [1.165, 1.54) is 38.5 Å². The topological polar surface area (TPSA) is 21.3 Å². The van der Waals surface area contributed by atoms with Crippen LogP contribution < -0.4 is 5.32 Å². The molecule has 0 saturated heterocycles. The van der Waals surface area contributed by atoms with E-state index in [4.69, 9.17) is 4.74 Å². The van der Waals surface area contributed by atoms with Crippen LogP contribution in [0.25, 0.3) is 0 Å². The van der Waals surface area contributed by atoms with Crippen LogP contribution in [0.3, 0.4) is 0 Å². The van der Waals surface area contributed by atoms with Crippen molar-refractivity contribution in [3.05, 3.63) is 0 Å². The highest BCUT2D eigenvalue weighted by Crippen LogP contribution is 2.33. The second kappa shape index (κ2) is 8.93. The maximum absolute atomic E-state index is 5.45. The van der Waals surface area contributed by atoms with E-state index in [0.29, 0.717) is 0 Å². The van der Waals surface area contributed by atoms with Crippen molar-refractivity contribution in [1.82, 2.24) is 5.32 Å². The highest BCUT2D eigenvalue weighted by atomic mass is 16.5. The smallest absolute Gasteiger partial charge is 0.0466 e. The summed E-state index contributed by atoms with van der Waals surface area (Å²) in [5, 5.41) is 3.68. The summed E-state index contributed by atoms with van der Waals surface area (Å²) in [5.74, 6) is 1.86. The maximum atomic E-state index is 5.45. The number of ether oxygens (including phenoxy) is 1. The van der Waals surface area contributed by atoms with E-state index in [0.717, 1.165) is 37.6 Å². The Bertz CT molecular complexity index is 184. The molecule has 1 fully saturated rings. The standard InChI is InChI=1S/C15H31NO/c1-4-13-9-10-15(16-5-2)14(12-13)8-7-11-17-6-3/h13-16H,4-12H2,1-3H3. The highest BCUT2D eigenvalue weighted by molar-refractivity contribution is 4.84. The van der Waals surface area contributed by atoms with Crippen LogP contribution in [0.4, 0.5) is 0 Å². The SMILES string of the molecule is CCNC1CCC(CC)CC1CCCOCC. The third-order valence-corrected chi connectivity index (χ3v) is 4.20. The van der Waals surface area contributed by atoms with Crippen LogP contribution in [-0.2, 0) is 4.74 Å². The van der Waals surface area contributed by atoms with Crippen molar-refractivity contribution in [3.63, 3.8) is 0 Å². The van der Waals surface area contributed by atoms with Gasteiger partial charge in [-0.25, -0.2) is 0 Å². The predicted molar refractivity (Wildman–Crippen MR) is 74.3 cm³/mol. The van der Waals surface area contributed by atoms with E-state index in [1.807, 2.05) is 0 Å². The van der Waals surface area contributed by atoms with E-state index in [9.17, 15) is 0 Å². The Kier molecular flexibility index (Phi) is 7.87. The first kappa shape index (κ1) is 15.0. The third kappa shape index (κ3) is 5.39. The molecule has 0 aromatic carbocycles. The number of nitrogens with one attached hydrogen (secondary N) is 1. The van der Waals surface area contributed by atoms with Crippen molar-refractivity contribution in [2.45, 2.75) is 65.3 Å². The molecule has 0 aliphatic heterocycles. The van der Waals surface area contributed by atoms with Crippen molar-refractivity contribution < 1.29 is 4.74 Å². The van der Waals surface area contributed by atoms with E-state index < -0.39 is 0 Å². The van der Waals surface area contributed by atoms with Crippen LogP contribution >= 0.6 is 0 Å². The van der Waals surface area contributed by atoms with Gasteiger partial charge < -0.3 is 10.1 Å². The van der Waals surface area contributed by atoms with Gasteiger partial charge in [-0.1, -0.05) is 20.3 Å². The van der Waals surface area contributed by atoms with Gasteiger partial charge in [0, 0.05) is 19.3 Å². The van der Waals surface area contributed by atoms with Gasteiger partial charge in [-0.3, -0.25) is 0 Å². The summed E-state index contributed by atoms with van der Waals surface area (Å²) in [4.78, 5) is 0. The van der Waals surface area contributed by atoms with Gasteiger partial charge in [0.1, 0.15) is 0 Å². The van der Waals surface area contributed by atoms with Gasteiger partial charge in [0.25, 0.3) is 0 Å². The Hall–Kier alpha value is -0.0800. The summed E-state index contributed by atoms with van der Waals surface area (Å²) in [6.07, 6.45) is 8.17. The zero-order valence-electron chi connectivity index (χ0n) is 12.0. The van der Waals surface area contributed by atoms with Gasteiger partial charge in [-0.05, 0) is 57.4 Å². The molecule has 2 nitrogen and oxygen atoms in total. The Morgan fingerprint density at radius 2 is 2.00 bits per heavy atom. The van der Waals surface area contributed by atoms with Crippen LogP contribution in [0.5, 0.6) is 0 Å². The van der Waals surface area contributed by atoms with E-state index in [1.54, 1.807) is 0 Å². The van der Waals surface area contributed by atoms with Gasteiger partial charge in [-0.2, -0.15) is 0 Å². The molecule has 0 heterocycles. The summed E-state index contributed by atoms with van der Waals surface area (Å²) in [5.41, 5.74) is 0. The predicted octanol–water partition coefficient (Wildman–Crippen LogP) is 3.61. The maximum Gasteiger partial charge on any atom is 0.0466 e.